The Balaban J connectivity index is 1.90. The van der Waals surface area contributed by atoms with E-state index in [4.69, 9.17) is 21.7 Å². The highest BCUT2D eigenvalue weighted by Gasteiger charge is 2.34. The largest absolute Gasteiger partial charge is 0.546 e. The molecule has 1 heterocycles. The van der Waals surface area contributed by atoms with Crippen molar-refractivity contribution in [1.82, 2.24) is 5.32 Å². The van der Waals surface area contributed by atoms with E-state index < -0.39 is 24.4 Å². The first-order valence-electron chi connectivity index (χ1n) is 8.48. The number of carboxylic acid groups (broad SMARTS) is 1. The van der Waals surface area contributed by atoms with Gasteiger partial charge in [-0.15, -0.1) is 0 Å². The standard InChI is InChI=1S/C20H15BrN2O6S/c1-28-13-5-3-12(4-6-13)23-19(27)14(18(26)22-20(23)30)8-11-2-7-16(15(21)9-11)29-10-17(24)25/h2-9H,10H2,1H3,(H,24,25)(H,22,26,30)/p-1/b14-8+. The van der Waals surface area contributed by atoms with Gasteiger partial charge in [-0.1, -0.05) is 6.07 Å². The molecule has 30 heavy (non-hydrogen) atoms. The number of carbonyl (C=O) groups is 3. The molecule has 8 nitrogen and oxygen atoms in total. The second-order valence-corrected chi connectivity index (χ2v) is 7.25. The number of carboxylic acids is 1. The number of methoxy groups -OCH3 is 1. The Morgan fingerprint density at radius 1 is 1.23 bits per heavy atom. The van der Waals surface area contributed by atoms with Crippen LogP contribution < -0.4 is 24.8 Å². The second kappa shape index (κ2) is 9.06. The molecule has 10 heteroatoms. The first-order chi connectivity index (χ1) is 14.3. The number of amides is 2. The van der Waals surface area contributed by atoms with E-state index in [0.717, 1.165) is 0 Å². The average Bonchev–Trinajstić information content (AvgIpc) is 2.70. The number of nitrogens with one attached hydrogen (secondary N) is 1. The van der Waals surface area contributed by atoms with Crippen molar-refractivity contribution in [2.75, 3.05) is 18.6 Å². The third-order valence-corrected chi connectivity index (χ3v) is 4.95. The van der Waals surface area contributed by atoms with Crippen LogP contribution in [0.5, 0.6) is 11.5 Å². The number of hydrogen-bond donors (Lipinski definition) is 1. The van der Waals surface area contributed by atoms with Crippen LogP contribution in [0, 0.1) is 0 Å². The molecular formula is C20H14BrN2O6S-. The molecule has 0 unspecified atom stereocenters. The van der Waals surface area contributed by atoms with Crippen molar-refractivity contribution in [2.24, 2.45) is 0 Å². The molecule has 0 atom stereocenters. The summed E-state index contributed by atoms with van der Waals surface area (Å²) in [5.74, 6) is -1.67. The number of benzene rings is 2. The van der Waals surface area contributed by atoms with Crippen LogP contribution in [0.4, 0.5) is 5.69 Å². The number of halogens is 1. The van der Waals surface area contributed by atoms with Crippen LogP contribution in [0.2, 0.25) is 0 Å². The van der Waals surface area contributed by atoms with E-state index in [1.165, 1.54) is 24.2 Å². The summed E-state index contributed by atoms with van der Waals surface area (Å²) in [4.78, 5) is 37.1. The quantitative estimate of drug-likeness (QED) is 0.371. The number of thiocarbonyl (C=S) groups is 1. The Morgan fingerprint density at radius 2 is 1.93 bits per heavy atom. The normalized spacial score (nSPS) is 15.2. The van der Waals surface area contributed by atoms with Crippen molar-refractivity contribution in [3.63, 3.8) is 0 Å². The number of ether oxygens (including phenoxy) is 2. The lowest BCUT2D eigenvalue weighted by Gasteiger charge is -2.29. The summed E-state index contributed by atoms with van der Waals surface area (Å²) < 4.78 is 10.6. The monoisotopic (exact) mass is 489 g/mol. The van der Waals surface area contributed by atoms with Gasteiger partial charge in [0.15, 0.2) is 5.11 Å². The Labute approximate surface area is 185 Å². The molecule has 0 spiro atoms. The highest BCUT2D eigenvalue weighted by molar-refractivity contribution is 9.10. The number of hydrogen-bond acceptors (Lipinski definition) is 7. The minimum atomic E-state index is -1.35. The molecular weight excluding hydrogens is 476 g/mol. The lowest BCUT2D eigenvalue weighted by Crippen LogP contribution is -2.54. The smallest absolute Gasteiger partial charge is 0.270 e. The molecule has 1 aliphatic heterocycles. The third kappa shape index (κ3) is 4.66. The summed E-state index contributed by atoms with van der Waals surface area (Å²) in [6.45, 7) is -0.603. The van der Waals surface area contributed by atoms with Gasteiger partial charge in [0.25, 0.3) is 11.8 Å². The van der Waals surface area contributed by atoms with Crippen LogP contribution in [0.3, 0.4) is 0 Å². The maximum Gasteiger partial charge on any atom is 0.270 e. The molecule has 2 aromatic rings. The molecule has 1 N–H and O–H groups in total. The van der Waals surface area contributed by atoms with Gasteiger partial charge in [-0.2, -0.15) is 0 Å². The fourth-order valence-electron chi connectivity index (χ4n) is 2.65. The Kier molecular flexibility index (Phi) is 6.48. The highest BCUT2D eigenvalue weighted by Crippen LogP contribution is 2.28. The first kappa shape index (κ1) is 21.5. The van der Waals surface area contributed by atoms with Crippen molar-refractivity contribution >= 4 is 62.8 Å². The van der Waals surface area contributed by atoms with Gasteiger partial charge in [-0.25, -0.2) is 0 Å². The van der Waals surface area contributed by atoms with Crippen LogP contribution in [-0.4, -0.2) is 36.6 Å². The zero-order valence-corrected chi connectivity index (χ0v) is 17.9. The third-order valence-electron chi connectivity index (χ3n) is 4.04. The fourth-order valence-corrected chi connectivity index (χ4v) is 3.44. The average molecular weight is 490 g/mol. The summed E-state index contributed by atoms with van der Waals surface area (Å²) in [5, 5.41) is 13.0. The number of rotatable bonds is 6. The van der Waals surface area contributed by atoms with Crippen molar-refractivity contribution in [3.05, 3.63) is 58.1 Å². The summed E-state index contributed by atoms with van der Waals surface area (Å²) in [5.41, 5.74) is 0.877. The van der Waals surface area contributed by atoms with Gasteiger partial charge in [-0.05, 0) is 76.2 Å². The van der Waals surface area contributed by atoms with Crippen molar-refractivity contribution in [1.29, 1.82) is 0 Å². The maximum atomic E-state index is 13.0. The molecule has 3 rings (SSSR count). The molecule has 0 bridgehead atoms. The first-order valence-corrected chi connectivity index (χ1v) is 9.68. The van der Waals surface area contributed by atoms with E-state index in [1.807, 2.05) is 0 Å². The Hall–Kier alpha value is -3.24. The van der Waals surface area contributed by atoms with Crippen LogP contribution in [0.15, 0.2) is 52.5 Å². The molecule has 1 fully saturated rings. The second-order valence-electron chi connectivity index (χ2n) is 6.01. The van der Waals surface area contributed by atoms with E-state index in [1.54, 1.807) is 36.4 Å². The van der Waals surface area contributed by atoms with Crippen LogP contribution in [0.1, 0.15) is 5.56 Å². The summed E-state index contributed by atoms with van der Waals surface area (Å²) >= 11 is 8.44. The maximum absolute atomic E-state index is 13.0. The zero-order chi connectivity index (χ0) is 21.8. The van der Waals surface area contributed by atoms with Gasteiger partial charge in [-0.3, -0.25) is 19.8 Å². The van der Waals surface area contributed by atoms with Crippen molar-refractivity contribution in [3.8, 4) is 11.5 Å². The minimum absolute atomic E-state index is 0.0282. The van der Waals surface area contributed by atoms with E-state index in [9.17, 15) is 19.5 Å². The molecule has 1 aliphatic rings. The van der Waals surface area contributed by atoms with Gasteiger partial charge in [0, 0.05) is 0 Å². The van der Waals surface area contributed by atoms with Crippen LogP contribution in [0.25, 0.3) is 6.08 Å². The van der Waals surface area contributed by atoms with E-state index >= 15 is 0 Å². The van der Waals surface area contributed by atoms with E-state index in [0.29, 0.717) is 21.5 Å². The molecule has 1 saturated heterocycles. The summed E-state index contributed by atoms with van der Waals surface area (Å²) in [6, 6.07) is 11.3. The van der Waals surface area contributed by atoms with Crippen molar-refractivity contribution < 1.29 is 29.0 Å². The topological polar surface area (TPSA) is 108 Å². The predicted molar refractivity (Wildman–Crippen MR) is 114 cm³/mol. The lowest BCUT2D eigenvalue weighted by molar-refractivity contribution is -0.307. The number of nitrogens with zero attached hydrogens (tertiary/aromatic N) is 1. The molecule has 0 radical (unpaired) electrons. The molecule has 0 saturated carbocycles. The minimum Gasteiger partial charge on any atom is -0.546 e. The summed E-state index contributed by atoms with van der Waals surface area (Å²) in [6.07, 6.45) is 1.41. The molecule has 2 aromatic carbocycles. The zero-order valence-electron chi connectivity index (χ0n) is 15.5. The summed E-state index contributed by atoms with van der Waals surface area (Å²) in [7, 11) is 1.53. The van der Waals surface area contributed by atoms with E-state index in [2.05, 4.69) is 21.2 Å². The molecule has 0 aliphatic carbocycles. The lowest BCUT2D eigenvalue weighted by atomic mass is 10.1. The number of aliphatic carboxylic acids is 1. The predicted octanol–water partition coefficient (Wildman–Crippen LogP) is 1.42. The Bertz CT molecular complexity index is 1070. The highest BCUT2D eigenvalue weighted by atomic mass is 79.9. The number of carbonyl (C=O) groups excluding carboxylic acids is 3. The van der Waals surface area contributed by atoms with Crippen LogP contribution in [-0.2, 0) is 14.4 Å². The number of anilines is 1. The van der Waals surface area contributed by atoms with Crippen molar-refractivity contribution in [2.45, 2.75) is 0 Å². The Morgan fingerprint density at radius 3 is 2.53 bits per heavy atom. The van der Waals surface area contributed by atoms with Gasteiger partial charge >= 0.3 is 0 Å². The SMILES string of the molecule is COc1ccc(N2C(=O)/C(=C/c3ccc(OCC(=O)[O-])c(Br)c3)C(=O)NC2=S)cc1. The fraction of sp³-hybridized carbons (Fsp3) is 0.100. The van der Waals surface area contributed by atoms with Gasteiger partial charge < -0.3 is 19.4 Å². The van der Waals surface area contributed by atoms with Gasteiger partial charge in [0.1, 0.15) is 23.7 Å². The molecule has 0 aromatic heterocycles. The van der Waals surface area contributed by atoms with Gasteiger partial charge in [0.2, 0.25) is 0 Å². The molecule has 2 amide bonds. The van der Waals surface area contributed by atoms with Gasteiger partial charge in [0.05, 0.1) is 23.2 Å². The van der Waals surface area contributed by atoms with Crippen LogP contribution >= 0.6 is 28.1 Å². The molecule has 154 valence electrons. The van der Waals surface area contributed by atoms with E-state index in [-0.39, 0.29) is 16.4 Å².